The quantitative estimate of drug-likeness (QED) is 0.835. The van der Waals surface area contributed by atoms with Gasteiger partial charge in [-0.3, -0.25) is 4.79 Å². The zero-order valence-electron chi connectivity index (χ0n) is 13.9. The number of rotatable bonds is 5. The maximum absolute atomic E-state index is 12.3. The third-order valence-electron chi connectivity index (χ3n) is 4.41. The minimum atomic E-state index is -0.438. The SMILES string of the molecule is CC(C)C(C)(CN)NC(=O)c1ccc(N2CCCC2)nn1.Cl.Cl. The Bertz CT molecular complexity index is 491. The van der Waals surface area contributed by atoms with Crippen molar-refractivity contribution in [3.63, 3.8) is 0 Å². The van der Waals surface area contributed by atoms with Crippen LogP contribution in [0.25, 0.3) is 0 Å². The lowest BCUT2D eigenvalue weighted by atomic mass is 9.88. The third kappa shape index (κ3) is 5.19. The average Bonchev–Trinajstić information content (AvgIpc) is 3.01. The van der Waals surface area contributed by atoms with Gasteiger partial charge in [-0.15, -0.1) is 35.0 Å². The van der Waals surface area contributed by atoms with E-state index in [0.29, 0.717) is 12.2 Å². The number of nitrogens with zero attached hydrogens (tertiary/aromatic N) is 3. The van der Waals surface area contributed by atoms with Crippen molar-refractivity contribution in [1.29, 1.82) is 0 Å². The van der Waals surface area contributed by atoms with E-state index >= 15 is 0 Å². The van der Waals surface area contributed by atoms with Crippen LogP contribution in [0.4, 0.5) is 5.82 Å². The molecule has 0 radical (unpaired) electrons. The fourth-order valence-electron chi connectivity index (χ4n) is 2.32. The Morgan fingerprint density at radius 1 is 1.30 bits per heavy atom. The number of aromatic nitrogens is 2. The Hall–Kier alpha value is -1.11. The monoisotopic (exact) mass is 363 g/mol. The highest BCUT2D eigenvalue weighted by molar-refractivity contribution is 5.92. The number of nitrogens with two attached hydrogens (primary N) is 1. The van der Waals surface area contributed by atoms with Gasteiger partial charge in [0.15, 0.2) is 11.5 Å². The molecule has 132 valence electrons. The molecule has 1 aromatic heterocycles. The lowest BCUT2D eigenvalue weighted by Crippen LogP contribution is -2.55. The van der Waals surface area contributed by atoms with Gasteiger partial charge in [-0.25, -0.2) is 0 Å². The van der Waals surface area contributed by atoms with E-state index in [2.05, 4.69) is 20.4 Å². The topological polar surface area (TPSA) is 84.1 Å². The van der Waals surface area contributed by atoms with Gasteiger partial charge < -0.3 is 16.0 Å². The molecule has 1 amide bonds. The molecule has 0 saturated carbocycles. The first-order valence-corrected chi connectivity index (χ1v) is 7.57. The Labute approximate surface area is 150 Å². The number of amides is 1. The van der Waals surface area contributed by atoms with Crippen molar-refractivity contribution < 1.29 is 4.79 Å². The van der Waals surface area contributed by atoms with E-state index in [-0.39, 0.29) is 36.6 Å². The molecular weight excluding hydrogens is 337 g/mol. The standard InChI is InChI=1S/C15H25N5O.2ClH/c1-11(2)15(3,10-16)17-14(21)12-6-7-13(19-18-12)20-8-4-5-9-20;;/h6-7,11H,4-5,8-10,16H2,1-3H3,(H,17,21);2*1H. The van der Waals surface area contributed by atoms with Crippen molar-refractivity contribution in [3.8, 4) is 0 Å². The highest BCUT2D eigenvalue weighted by Crippen LogP contribution is 2.18. The summed E-state index contributed by atoms with van der Waals surface area (Å²) in [5.41, 5.74) is 5.68. The Morgan fingerprint density at radius 2 is 1.91 bits per heavy atom. The molecule has 1 saturated heterocycles. The third-order valence-corrected chi connectivity index (χ3v) is 4.41. The minimum absolute atomic E-state index is 0. The number of nitrogens with one attached hydrogen (secondary N) is 1. The summed E-state index contributed by atoms with van der Waals surface area (Å²) < 4.78 is 0. The van der Waals surface area contributed by atoms with Gasteiger partial charge in [-0.05, 0) is 37.8 Å². The van der Waals surface area contributed by atoms with Crippen molar-refractivity contribution in [2.24, 2.45) is 11.7 Å². The molecule has 0 bridgehead atoms. The van der Waals surface area contributed by atoms with E-state index in [9.17, 15) is 4.79 Å². The van der Waals surface area contributed by atoms with E-state index in [4.69, 9.17) is 5.73 Å². The molecule has 6 nitrogen and oxygen atoms in total. The molecule has 1 aliphatic heterocycles. The van der Waals surface area contributed by atoms with Crippen LogP contribution in [0.5, 0.6) is 0 Å². The molecule has 2 rings (SSSR count). The molecule has 1 fully saturated rings. The number of hydrogen-bond donors (Lipinski definition) is 2. The maximum atomic E-state index is 12.3. The van der Waals surface area contributed by atoms with E-state index in [0.717, 1.165) is 18.9 Å². The van der Waals surface area contributed by atoms with Gasteiger partial charge in [-0.1, -0.05) is 13.8 Å². The van der Waals surface area contributed by atoms with Crippen LogP contribution in [-0.4, -0.2) is 41.3 Å². The minimum Gasteiger partial charge on any atom is -0.355 e. The average molecular weight is 364 g/mol. The van der Waals surface area contributed by atoms with Crippen LogP contribution in [0.1, 0.15) is 44.1 Å². The van der Waals surface area contributed by atoms with Crippen LogP contribution in [0.15, 0.2) is 12.1 Å². The molecule has 1 unspecified atom stereocenters. The first-order chi connectivity index (χ1) is 9.96. The van der Waals surface area contributed by atoms with Crippen molar-refractivity contribution >= 4 is 36.5 Å². The van der Waals surface area contributed by atoms with Crippen molar-refractivity contribution in [3.05, 3.63) is 17.8 Å². The van der Waals surface area contributed by atoms with Crippen LogP contribution >= 0.6 is 24.8 Å². The number of anilines is 1. The smallest absolute Gasteiger partial charge is 0.272 e. The molecule has 1 aromatic rings. The summed E-state index contributed by atoms with van der Waals surface area (Å²) in [4.78, 5) is 14.5. The second-order valence-electron chi connectivity index (χ2n) is 6.20. The summed E-state index contributed by atoms with van der Waals surface area (Å²) in [6, 6.07) is 3.59. The van der Waals surface area contributed by atoms with Gasteiger partial charge in [0.05, 0.1) is 5.54 Å². The maximum Gasteiger partial charge on any atom is 0.272 e. The van der Waals surface area contributed by atoms with Crippen molar-refractivity contribution in [2.45, 2.75) is 39.2 Å². The number of carbonyl (C=O) groups excluding carboxylic acids is 1. The van der Waals surface area contributed by atoms with Crippen molar-refractivity contribution in [2.75, 3.05) is 24.5 Å². The van der Waals surface area contributed by atoms with Gasteiger partial charge >= 0.3 is 0 Å². The molecule has 8 heteroatoms. The highest BCUT2D eigenvalue weighted by Gasteiger charge is 2.29. The first-order valence-electron chi connectivity index (χ1n) is 7.57. The number of halogens is 2. The van der Waals surface area contributed by atoms with Crippen molar-refractivity contribution in [1.82, 2.24) is 15.5 Å². The molecule has 1 atom stereocenters. The zero-order valence-corrected chi connectivity index (χ0v) is 15.5. The van der Waals surface area contributed by atoms with Crippen LogP contribution in [-0.2, 0) is 0 Å². The van der Waals surface area contributed by atoms with Crippen LogP contribution in [0.3, 0.4) is 0 Å². The lowest BCUT2D eigenvalue weighted by Gasteiger charge is -2.33. The molecule has 0 aliphatic carbocycles. The fraction of sp³-hybridized carbons (Fsp3) is 0.667. The molecule has 23 heavy (non-hydrogen) atoms. The normalized spacial score (nSPS) is 16.3. The van der Waals surface area contributed by atoms with Crippen LogP contribution in [0.2, 0.25) is 0 Å². The van der Waals surface area contributed by atoms with Gasteiger partial charge in [0.25, 0.3) is 5.91 Å². The molecule has 3 N–H and O–H groups in total. The Kier molecular flexibility index (Phi) is 8.80. The summed E-state index contributed by atoms with van der Waals surface area (Å²) >= 11 is 0. The Morgan fingerprint density at radius 3 is 2.35 bits per heavy atom. The van der Waals surface area contributed by atoms with Crippen LogP contribution < -0.4 is 16.0 Å². The first kappa shape index (κ1) is 21.9. The summed E-state index contributed by atoms with van der Waals surface area (Å²) in [5, 5.41) is 11.2. The second kappa shape index (κ2) is 9.25. The summed E-state index contributed by atoms with van der Waals surface area (Å²) in [6.07, 6.45) is 2.38. The molecule has 0 spiro atoms. The van der Waals surface area contributed by atoms with E-state index in [1.165, 1.54) is 12.8 Å². The molecule has 0 aromatic carbocycles. The van der Waals surface area contributed by atoms with E-state index in [1.807, 2.05) is 26.8 Å². The number of carbonyl (C=O) groups is 1. The van der Waals surface area contributed by atoms with E-state index in [1.54, 1.807) is 6.07 Å². The van der Waals surface area contributed by atoms with E-state index < -0.39 is 5.54 Å². The fourth-order valence-corrected chi connectivity index (χ4v) is 2.32. The molecule has 1 aliphatic rings. The van der Waals surface area contributed by atoms with Gasteiger partial charge in [0.2, 0.25) is 0 Å². The molecular formula is C15H27Cl2N5O. The largest absolute Gasteiger partial charge is 0.355 e. The summed E-state index contributed by atoms with van der Waals surface area (Å²) in [7, 11) is 0. The zero-order chi connectivity index (χ0) is 15.5. The van der Waals surface area contributed by atoms with Gasteiger partial charge in [-0.2, -0.15) is 0 Å². The summed E-state index contributed by atoms with van der Waals surface area (Å²) in [5.74, 6) is 0.856. The molecule has 2 heterocycles. The predicted molar refractivity (Wildman–Crippen MR) is 97.7 cm³/mol. The lowest BCUT2D eigenvalue weighted by molar-refractivity contribution is 0.0877. The summed E-state index contributed by atoms with van der Waals surface area (Å²) in [6.45, 7) is 8.43. The second-order valence-corrected chi connectivity index (χ2v) is 6.20. The highest BCUT2D eigenvalue weighted by atomic mass is 35.5. The Balaban J connectivity index is 0.00000242. The number of hydrogen-bond acceptors (Lipinski definition) is 5. The van der Waals surface area contributed by atoms with Crippen LogP contribution in [0, 0.1) is 5.92 Å². The predicted octanol–water partition coefficient (Wildman–Crippen LogP) is 2.02. The van der Waals surface area contributed by atoms with Gasteiger partial charge in [0.1, 0.15) is 0 Å². The van der Waals surface area contributed by atoms with Gasteiger partial charge in [0, 0.05) is 19.6 Å².